The van der Waals surface area contributed by atoms with Gasteiger partial charge in [-0.2, -0.15) is 4.98 Å². The number of hydrogen-bond acceptors (Lipinski definition) is 6. The first kappa shape index (κ1) is 19.9. The van der Waals surface area contributed by atoms with E-state index < -0.39 is 0 Å². The topological polar surface area (TPSA) is 89.3 Å². The Morgan fingerprint density at radius 3 is 3.00 bits per heavy atom. The standard InChI is InChI=1S/C20H20N4O3.ClH/c1-26-15-7-4-6-14(11-15)20-23-18(24-27-20)19(25)22-12-17-16-8-3-2-5-13(16)9-10-21-17;/h2-8,11,17,21H,9-10,12H2,1H3,(H,22,25);1H. The van der Waals surface area contributed by atoms with E-state index in [0.717, 1.165) is 13.0 Å². The molecule has 2 N–H and O–H groups in total. The number of amides is 1. The van der Waals surface area contributed by atoms with Gasteiger partial charge in [-0.05, 0) is 42.3 Å². The number of nitrogens with one attached hydrogen (secondary N) is 2. The molecule has 1 aliphatic rings. The van der Waals surface area contributed by atoms with Gasteiger partial charge in [-0.15, -0.1) is 12.4 Å². The molecule has 0 saturated carbocycles. The largest absolute Gasteiger partial charge is 0.497 e. The minimum absolute atomic E-state index is 0. The van der Waals surface area contributed by atoms with E-state index in [0.29, 0.717) is 17.9 Å². The summed E-state index contributed by atoms with van der Waals surface area (Å²) in [5.74, 6) is 0.605. The Hall–Kier alpha value is -2.90. The molecule has 1 aromatic heterocycles. The van der Waals surface area contributed by atoms with Crippen molar-refractivity contribution in [3.8, 4) is 17.2 Å². The second-order valence-corrected chi connectivity index (χ2v) is 6.32. The first-order valence-electron chi connectivity index (χ1n) is 8.82. The van der Waals surface area contributed by atoms with Crippen molar-refractivity contribution in [2.24, 2.45) is 0 Å². The molecular weight excluding hydrogens is 380 g/mol. The molecular formula is C20H21ClN4O3. The molecule has 1 aliphatic heterocycles. The highest BCUT2D eigenvalue weighted by Gasteiger charge is 2.21. The Morgan fingerprint density at radius 2 is 2.14 bits per heavy atom. The summed E-state index contributed by atoms with van der Waals surface area (Å²) in [5, 5.41) is 10.1. The van der Waals surface area contributed by atoms with Gasteiger partial charge >= 0.3 is 0 Å². The first-order valence-corrected chi connectivity index (χ1v) is 8.82. The van der Waals surface area contributed by atoms with Crippen LogP contribution < -0.4 is 15.4 Å². The summed E-state index contributed by atoms with van der Waals surface area (Å²) in [6.07, 6.45) is 0.995. The normalized spacial score (nSPS) is 15.2. The zero-order valence-electron chi connectivity index (χ0n) is 15.3. The Kier molecular flexibility index (Phi) is 6.28. The average Bonchev–Trinajstić information content (AvgIpc) is 3.22. The lowest BCUT2D eigenvalue weighted by Crippen LogP contribution is -2.39. The van der Waals surface area contributed by atoms with E-state index in [-0.39, 0.29) is 36.1 Å². The number of hydrogen-bond donors (Lipinski definition) is 2. The summed E-state index contributed by atoms with van der Waals surface area (Å²) in [5.41, 5.74) is 3.23. The van der Waals surface area contributed by atoms with Crippen molar-refractivity contribution in [2.75, 3.05) is 20.2 Å². The molecule has 146 valence electrons. The summed E-state index contributed by atoms with van der Waals surface area (Å²) < 4.78 is 10.4. The van der Waals surface area contributed by atoms with Crippen LogP contribution in [0.3, 0.4) is 0 Å². The maximum absolute atomic E-state index is 12.4. The third-order valence-electron chi connectivity index (χ3n) is 4.63. The van der Waals surface area contributed by atoms with E-state index in [2.05, 4.69) is 32.9 Å². The van der Waals surface area contributed by atoms with E-state index in [1.54, 1.807) is 13.2 Å². The lowest BCUT2D eigenvalue weighted by atomic mass is 9.94. The van der Waals surface area contributed by atoms with Crippen LogP contribution in [0.2, 0.25) is 0 Å². The quantitative estimate of drug-likeness (QED) is 0.684. The Balaban J connectivity index is 0.00000225. The molecule has 3 aromatic rings. The lowest BCUT2D eigenvalue weighted by Gasteiger charge is -2.26. The molecule has 1 amide bonds. The summed E-state index contributed by atoms with van der Waals surface area (Å²) in [7, 11) is 1.59. The van der Waals surface area contributed by atoms with E-state index in [1.165, 1.54) is 11.1 Å². The van der Waals surface area contributed by atoms with Crippen LogP contribution in [0.5, 0.6) is 5.75 Å². The summed E-state index contributed by atoms with van der Waals surface area (Å²) in [6.45, 7) is 1.35. The van der Waals surface area contributed by atoms with Gasteiger partial charge in [0.2, 0.25) is 0 Å². The first-order chi connectivity index (χ1) is 13.2. The predicted molar refractivity (Wildman–Crippen MR) is 107 cm³/mol. The number of carbonyl (C=O) groups is 1. The van der Waals surface area contributed by atoms with E-state index in [1.807, 2.05) is 30.3 Å². The zero-order valence-corrected chi connectivity index (χ0v) is 16.2. The Labute approximate surface area is 168 Å². The summed E-state index contributed by atoms with van der Waals surface area (Å²) >= 11 is 0. The predicted octanol–water partition coefficient (Wildman–Crippen LogP) is 2.78. The fraction of sp³-hybridized carbons (Fsp3) is 0.250. The lowest BCUT2D eigenvalue weighted by molar-refractivity contribution is 0.0935. The molecule has 0 fully saturated rings. The van der Waals surface area contributed by atoms with Gasteiger partial charge in [-0.1, -0.05) is 35.5 Å². The van der Waals surface area contributed by atoms with Crippen LogP contribution in [0.4, 0.5) is 0 Å². The van der Waals surface area contributed by atoms with Crippen molar-refractivity contribution in [1.29, 1.82) is 0 Å². The van der Waals surface area contributed by atoms with Gasteiger partial charge in [0.15, 0.2) is 0 Å². The third-order valence-corrected chi connectivity index (χ3v) is 4.63. The van der Waals surface area contributed by atoms with Gasteiger partial charge in [-0.25, -0.2) is 0 Å². The van der Waals surface area contributed by atoms with E-state index in [4.69, 9.17) is 9.26 Å². The van der Waals surface area contributed by atoms with Crippen LogP contribution in [-0.4, -0.2) is 36.2 Å². The van der Waals surface area contributed by atoms with Crippen molar-refractivity contribution in [1.82, 2.24) is 20.8 Å². The van der Waals surface area contributed by atoms with Crippen molar-refractivity contribution in [3.05, 3.63) is 65.5 Å². The molecule has 0 bridgehead atoms. The van der Waals surface area contributed by atoms with Gasteiger partial charge in [0, 0.05) is 18.2 Å². The zero-order chi connectivity index (χ0) is 18.6. The molecule has 4 rings (SSSR count). The Bertz CT molecular complexity index is 960. The van der Waals surface area contributed by atoms with Crippen LogP contribution in [0.15, 0.2) is 53.1 Å². The number of aromatic nitrogens is 2. The highest BCUT2D eigenvalue weighted by atomic mass is 35.5. The van der Waals surface area contributed by atoms with Crippen LogP contribution in [0.1, 0.15) is 27.8 Å². The molecule has 0 spiro atoms. The SMILES string of the molecule is COc1cccc(-c2nc(C(=O)NCC3NCCc4ccccc43)no2)c1.Cl. The Morgan fingerprint density at radius 1 is 1.29 bits per heavy atom. The van der Waals surface area contributed by atoms with Crippen molar-refractivity contribution in [3.63, 3.8) is 0 Å². The number of ether oxygens (including phenoxy) is 1. The average molecular weight is 401 g/mol. The van der Waals surface area contributed by atoms with Crippen molar-refractivity contribution >= 4 is 18.3 Å². The van der Waals surface area contributed by atoms with Crippen LogP contribution in [-0.2, 0) is 6.42 Å². The number of nitrogens with zero attached hydrogens (tertiary/aromatic N) is 2. The maximum Gasteiger partial charge on any atom is 0.292 e. The van der Waals surface area contributed by atoms with Gasteiger partial charge in [-0.3, -0.25) is 4.79 Å². The maximum atomic E-state index is 12.4. The van der Waals surface area contributed by atoms with Crippen LogP contribution in [0, 0.1) is 0 Å². The minimum Gasteiger partial charge on any atom is -0.497 e. The van der Waals surface area contributed by atoms with Gasteiger partial charge in [0.05, 0.1) is 7.11 Å². The van der Waals surface area contributed by atoms with Gasteiger partial charge < -0.3 is 19.9 Å². The second kappa shape index (κ2) is 8.86. The van der Waals surface area contributed by atoms with Crippen molar-refractivity contribution in [2.45, 2.75) is 12.5 Å². The van der Waals surface area contributed by atoms with Crippen LogP contribution >= 0.6 is 12.4 Å². The van der Waals surface area contributed by atoms with Crippen molar-refractivity contribution < 1.29 is 14.1 Å². The number of fused-ring (bicyclic) bond motifs is 1. The minimum atomic E-state index is -0.363. The molecule has 0 saturated heterocycles. The summed E-state index contributed by atoms with van der Waals surface area (Å²) in [6, 6.07) is 15.6. The van der Waals surface area contributed by atoms with Gasteiger partial charge in [0.25, 0.3) is 17.6 Å². The highest BCUT2D eigenvalue weighted by Crippen LogP contribution is 2.23. The van der Waals surface area contributed by atoms with Crippen LogP contribution in [0.25, 0.3) is 11.5 Å². The molecule has 1 atom stereocenters. The highest BCUT2D eigenvalue weighted by molar-refractivity contribution is 5.90. The monoisotopic (exact) mass is 400 g/mol. The molecule has 2 aromatic carbocycles. The molecule has 28 heavy (non-hydrogen) atoms. The number of halogens is 1. The third kappa shape index (κ3) is 4.16. The molecule has 0 radical (unpaired) electrons. The molecule has 8 heteroatoms. The molecule has 2 heterocycles. The molecule has 1 unspecified atom stereocenters. The second-order valence-electron chi connectivity index (χ2n) is 6.32. The van der Waals surface area contributed by atoms with E-state index >= 15 is 0 Å². The smallest absolute Gasteiger partial charge is 0.292 e. The fourth-order valence-corrected chi connectivity index (χ4v) is 3.24. The number of rotatable bonds is 5. The number of benzene rings is 2. The number of carbonyl (C=O) groups excluding carboxylic acids is 1. The molecule has 0 aliphatic carbocycles. The van der Waals surface area contributed by atoms with Gasteiger partial charge in [0.1, 0.15) is 5.75 Å². The number of methoxy groups -OCH3 is 1. The molecule has 7 nitrogen and oxygen atoms in total. The van der Waals surface area contributed by atoms with E-state index in [9.17, 15) is 4.79 Å². The fourth-order valence-electron chi connectivity index (χ4n) is 3.24. The summed E-state index contributed by atoms with van der Waals surface area (Å²) in [4.78, 5) is 16.6.